The SMILES string of the molecule is COc1ccc(COc2ccc3c(c2C)O/C(=C\c2ccc(OC)cc2OC)C3=O)cc1. The molecule has 32 heavy (non-hydrogen) atoms. The van der Waals surface area contributed by atoms with Crippen molar-refractivity contribution in [3.63, 3.8) is 0 Å². The molecule has 0 bridgehead atoms. The number of benzene rings is 3. The molecule has 6 nitrogen and oxygen atoms in total. The minimum Gasteiger partial charge on any atom is -0.497 e. The van der Waals surface area contributed by atoms with E-state index >= 15 is 0 Å². The molecular weight excluding hydrogens is 408 g/mol. The van der Waals surface area contributed by atoms with E-state index in [2.05, 4.69) is 0 Å². The van der Waals surface area contributed by atoms with Crippen LogP contribution >= 0.6 is 0 Å². The second-order valence-corrected chi connectivity index (χ2v) is 7.25. The zero-order valence-electron chi connectivity index (χ0n) is 18.4. The van der Waals surface area contributed by atoms with Crippen LogP contribution in [0.1, 0.15) is 27.0 Å². The van der Waals surface area contributed by atoms with Gasteiger partial charge in [-0.25, -0.2) is 0 Å². The molecule has 0 unspecified atom stereocenters. The molecule has 0 spiro atoms. The average molecular weight is 432 g/mol. The van der Waals surface area contributed by atoms with Gasteiger partial charge in [0.1, 0.15) is 35.4 Å². The third-order valence-corrected chi connectivity index (χ3v) is 5.32. The topological polar surface area (TPSA) is 63.2 Å². The van der Waals surface area contributed by atoms with Crippen LogP contribution < -0.4 is 23.7 Å². The van der Waals surface area contributed by atoms with Crippen molar-refractivity contribution in [1.29, 1.82) is 0 Å². The van der Waals surface area contributed by atoms with E-state index in [1.807, 2.05) is 37.3 Å². The van der Waals surface area contributed by atoms with E-state index in [1.165, 1.54) is 0 Å². The molecule has 0 saturated carbocycles. The number of hydrogen-bond donors (Lipinski definition) is 0. The third-order valence-electron chi connectivity index (χ3n) is 5.32. The maximum atomic E-state index is 12.9. The van der Waals surface area contributed by atoms with Crippen LogP contribution in [0.4, 0.5) is 0 Å². The molecule has 0 saturated heterocycles. The maximum absolute atomic E-state index is 12.9. The number of ether oxygens (including phenoxy) is 5. The largest absolute Gasteiger partial charge is 0.497 e. The van der Waals surface area contributed by atoms with Crippen molar-refractivity contribution in [3.8, 4) is 28.7 Å². The standard InChI is InChI=1S/C26H24O6/c1-16-22(31-15-17-5-8-19(28-2)9-6-17)12-11-21-25(27)24(32-26(16)21)13-18-7-10-20(29-3)14-23(18)30-4/h5-14H,15H2,1-4H3/b24-13-. The summed E-state index contributed by atoms with van der Waals surface area (Å²) >= 11 is 0. The van der Waals surface area contributed by atoms with Gasteiger partial charge in [-0.1, -0.05) is 12.1 Å². The van der Waals surface area contributed by atoms with Crippen LogP contribution in [0.5, 0.6) is 28.7 Å². The minimum absolute atomic E-state index is 0.178. The van der Waals surface area contributed by atoms with Crippen molar-refractivity contribution in [1.82, 2.24) is 0 Å². The van der Waals surface area contributed by atoms with Crippen molar-refractivity contribution in [3.05, 3.63) is 82.6 Å². The summed E-state index contributed by atoms with van der Waals surface area (Å²) in [7, 11) is 4.79. The summed E-state index contributed by atoms with van der Waals surface area (Å²) in [5, 5.41) is 0. The van der Waals surface area contributed by atoms with E-state index in [9.17, 15) is 4.79 Å². The Kier molecular flexibility index (Phi) is 6.03. The highest BCUT2D eigenvalue weighted by atomic mass is 16.5. The summed E-state index contributed by atoms with van der Waals surface area (Å²) in [4.78, 5) is 12.9. The number of Topliss-reactive ketones (excluding diaryl/α,β-unsaturated/α-hetero) is 1. The lowest BCUT2D eigenvalue weighted by atomic mass is 10.1. The number of carbonyl (C=O) groups excluding carboxylic acids is 1. The third kappa shape index (κ3) is 4.12. The number of fused-ring (bicyclic) bond motifs is 1. The Labute approximate surface area is 186 Å². The lowest BCUT2D eigenvalue weighted by Gasteiger charge is -2.12. The second kappa shape index (κ2) is 9.06. The Morgan fingerprint density at radius 3 is 2.25 bits per heavy atom. The molecule has 3 aromatic rings. The predicted octanol–water partition coefficient (Wildman–Crippen LogP) is 5.22. The summed E-state index contributed by atoms with van der Waals surface area (Å²) in [5.41, 5.74) is 3.01. The number of ketones is 1. The average Bonchev–Trinajstić information content (AvgIpc) is 3.15. The Bertz CT molecular complexity index is 1180. The van der Waals surface area contributed by atoms with Gasteiger partial charge in [0.05, 0.1) is 26.9 Å². The molecule has 3 aromatic carbocycles. The van der Waals surface area contributed by atoms with Gasteiger partial charge in [-0.05, 0) is 55.0 Å². The molecular formula is C26H24O6. The zero-order chi connectivity index (χ0) is 22.7. The molecule has 0 aliphatic carbocycles. The zero-order valence-corrected chi connectivity index (χ0v) is 18.4. The Balaban J connectivity index is 1.56. The van der Waals surface area contributed by atoms with Crippen LogP contribution in [-0.2, 0) is 6.61 Å². The quantitative estimate of drug-likeness (QED) is 0.477. The first kappa shape index (κ1) is 21.3. The first-order chi connectivity index (χ1) is 15.5. The molecule has 0 atom stereocenters. The van der Waals surface area contributed by atoms with Gasteiger partial charge >= 0.3 is 0 Å². The van der Waals surface area contributed by atoms with Crippen LogP contribution in [0, 0.1) is 6.92 Å². The summed E-state index contributed by atoms with van der Waals surface area (Å²) < 4.78 is 27.8. The van der Waals surface area contributed by atoms with Crippen LogP contribution in [0.3, 0.4) is 0 Å². The van der Waals surface area contributed by atoms with E-state index < -0.39 is 0 Å². The van der Waals surface area contributed by atoms with Gasteiger partial charge < -0.3 is 23.7 Å². The number of rotatable bonds is 7. The van der Waals surface area contributed by atoms with Crippen LogP contribution in [0.15, 0.2) is 60.4 Å². The van der Waals surface area contributed by atoms with Crippen molar-refractivity contribution >= 4 is 11.9 Å². The Hall–Kier alpha value is -3.93. The van der Waals surface area contributed by atoms with Gasteiger partial charge in [-0.15, -0.1) is 0 Å². The normalized spacial score (nSPS) is 13.5. The molecule has 0 fully saturated rings. The van der Waals surface area contributed by atoms with E-state index in [0.717, 1.165) is 22.4 Å². The molecule has 0 N–H and O–H groups in total. The number of hydrogen-bond acceptors (Lipinski definition) is 6. The monoisotopic (exact) mass is 432 g/mol. The molecule has 1 aliphatic rings. The second-order valence-electron chi connectivity index (χ2n) is 7.25. The van der Waals surface area contributed by atoms with Gasteiger partial charge in [0.25, 0.3) is 0 Å². The molecule has 6 heteroatoms. The molecule has 0 amide bonds. The Morgan fingerprint density at radius 1 is 0.844 bits per heavy atom. The number of carbonyl (C=O) groups is 1. The summed E-state index contributed by atoms with van der Waals surface area (Å²) in [6.07, 6.45) is 1.68. The van der Waals surface area contributed by atoms with Gasteiger partial charge in [0.15, 0.2) is 5.76 Å². The van der Waals surface area contributed by atoms with Crippen molar-refractivity contribution < 1.29 is 28.5 Å². The molecule has 0 aromatic heterocycles. The highest BCUT2D eigenvalue weighted by Crippen LogP contribution is 2.40. The van der Waals surface area contributed by atoms with Crippen LogP contribution in [0.2, 0.25) is 0 Å². The van der Waals surface area contributed by atoms with Crippen LogP contribution in [-0.4, -0.2) is 27.1 Å². The van der Waals surface area contributed by atoms with E-state index in [0.29, 0.717) is 35.2 Å². The smallest absolute Gasteiger partial charge is 0.231 e. The van der Waals surface area contributed by atoms with E-state index in [4.69, 9.17) is 23.7 Å². The van der Waals surface area contributed by atoms with Gasteiger partial charge in [-0.2, -0.15) is 0 Å². The molecule has 1 aliphatic heterocycles. The fourth-order valence-corrected chi connectivity index (χ4v) is 3.49. The molecule has 164 valence electrons. The molecule has 0 radical (unpaired) electrons. The summed E-state index contributed by atoms with van der Waals surface area (Å²) in [6, 6.07) is 16.6. The van der Waals surface area contributed by atoms with Gasteiger partial charge in [-0.3, -0.25) is 4.79 Å². The van der Waals surface area contributed by atoms with Crippen molar-refractivity contribution in [2.75, 3.05) is 21.3 Å². The fraction of sp³-hybridized carbons (Fsp3) is 0.192. The highest BCUT2D eigenvalue weighted by Gasteiger charge is 2.30. The maximum Gasteiger partial charge on any atom is 0.231 e. The summed E-state index contributed by atoms with van der Waals surface area (Å²) in [5.74, 6) is 3.28. The van der Waals surface area contributed by atoms with Crippen molar-refractivity contribution in [2.24, 2.45) is 0 Å². The van der Waals surface area contributed by atoms with E-state index in [-0.39, 0.29) is 11.5 Å². The first-order valence-electron chi connectivity index (χ1n) is 10.1. The first-order valence-corrected chi connectivity index (χ1v) is 10.1. The van der Waals surface area contributed by atoms with Crippen LogP contribution in [0.25, 0.3) is 6.08 Å². The lowest BCUT2D eigenvalue weighted by molar-refractivity contribution is 0.101. The number of methoxy groups -OCH3 is 3. The predicted molar refractivity (Wildman–Crippen MR) is 121 cm³/mol. The molecule has 1 heterocycles. The minimum atomic E-state index is -0.178. The summed E-state index contributed by atoms with van der Waals surface area (Å²) in [6.45, 7) is 2.27. The van der Waals surface area contributed by atoms with Crippen molar-refractivity contribution in [2.45, 2.75) is 13.5 Å². The van der Waals surface area contributed by atoms with Gasteiger partial charge in [0, 0.05) is 17.2 Å². The van der Waals surface area contributed by atoms with Gasteiger partial charge in [0.2, 0.25) is 5.78 Å². The lowest BCUT2D eigenvalue weighted by Crippen LogP contribution is -1.99. The highest BCUT2D eigenvalue weighted by molar-refractivity contribution is 6.15. The fourth-order valence-electron chi connectivity index (χ4n) is 3.49. The molecule has 4 rings (SSSR count). The van der Waals surface area contributed by atoms with E-state index in [1.54, 1.807) is 51.7 Å². The Morgan fingerprint density at radius 2 is 1.56 bits per heavy atom. The number of allylic oxidation sites excluding steroid dienone is 1.